The monoisotopic (exact) mass is 821 g/mol. The van der Waals surface area contributed by atoms with E-state index in [-0.39, 0.29) is 0 Å². The maximum atomic E-state index is 7.04. The van der Waals surface area contributed by atoms with E-state index in [9.17, 15) is 0 Å². The van der Waals surface area contributed by atoms with Crippen molar-refractivity contribution >= 4 is 70.5 Å². The first kappa shape index (κ1) is 36.8. The first-order valence-corrected chi connectivity index (χ1v) is 22.2. The molecule has 12 aromatic rings. The molecule has 0 N–H and O–H groups in total. The molecular weight excluding hydrogens is 783 g/mol. The Morgan fingerprint density at radius 1 is 0.333 bits per heavy atom. The number of anilines is 3. The van der Waals surface area contributed by atoms with E-state index in [1.807, 2.05) is 11.3 Å². The van der Waals surface area contributed by atoms with E-state index in [1.54, 1.807) is 0 Å². The highest BCUT2D eigenvalue weighted by Crippen LogP contribution is 2.51. The lowest BCUT2D eigenvalue weighted by Gasteiger charge is -2.27. The number of hydrogen-bond donors (Lipinski definition) is 0. The molecule has 0 saturated carbocycles. The number of benzene rings is 10. The first-order valence-electron chi connectivity index (χ1n) is 21.4. The van der Waals surface area contributed by atoms with Crippen LogP contribution in [-0.4, -0.2) is 0 Å². The SMILES string of the molecule is c1ccc(-c2ccc(-c3cccc(N(c4cccc5c4oc4cc(-c6ccccc6)ccc45)c4ccc(-c5ccccc5)c5sc6cc(-c7ccccc7)ccc6c45)c3)cc2)cc1. The molecule has 2 nitrogen and oxygen atoms in total. The molecule has 0 radical (unpaired) electrons. The van der Waals surface area contributed by atoms with Crippen molar-refractivity contribution in [2.75, 3.05) is 4.90 Å². The standard InChI is InChI=1S/C60H39NOS/c1-5-15-40(16-6-1)43-27-29-44(30-28-43)46-23-13-24-49(37-46)61(55-26-14-25-52-51-33-31-47(38-56(51)62-59(52)55)41-17-7-2-8-18-41)54-36-35-50(45-21-11-4-12-22-45)60-58(54)53-34-32-48(39-57(53)63-60)42-19-9-3-10-20-42/h1-39H. The predicted molar refractivity (Wildman–Crippen MR) is 268 cm³/mol. The topological polar surface area (TPSA) is 16.4 Å². The molecule has 3 heteroatoms. The van der Waals surface area contributed by atoms with Crippen LogP contribution in [0.5, 0.6) is 0 Å². The van der Waals surface area contributed by atoms with Crippen LogP contribution in [0.25, 0.3) is 97.7 Å². The second-order valence-corrected chi connectivity index (χ2v) is 17.1. The quantitative estimate of drug-likeness (QED) is 0.152. The van der Waals surface area contributed by atoms with Gasteiger partial charge in [0, 0.05) is 36.6 Å². The van der Waals surface area contributed by atoms with E-state index in [1.165, 1.54) is 53.6 Å². The summed E-state index contributed by atoms with van der Waals surface area (Å²) in [6.45, 7) is 0. The zero-order chi connectivity index (χ0) is 41.7. The lowest BCUT2D eigenvalue weighted by molar-refractivity contribution is 0.669. The summed E-state index contributed by atoms with van der Waals surface area (Å²) in [4.78, 5) is 2.43. The van der Waals surface area contributed by atoms with Gasteiger partial charge in [0.2, 0.25) is 0 Å². The van der Waals surface area contributed by atoms with Gasteiger partial charge in [-0.1, -0.05) is 194 Å². The van der Waals surface area contributed by atoms with Crippen LogP contribution in [0.4, 0.5) is 17.1 Å². The molecule has 0 bridgehead atoms. The van der Waals surface area contributed by atoms with Crippen molar-refractivity contribution in [3.05, 3.63) is 237 Å². The van der Waals surface area contributed by atoms with E-state index < -0.39 is 0 Å². The minimum Gasteiger partial charge on any atom is -0.454 e. The van der Waals surface area contributed by atoms with Crippen molar-refractivity contribution in [3.8, 4) is 55.6 Å². The number of thiophene rings is 1. The Kier molecular flexibility index (Phi) is 9.06. The molecule has 0 aliphatic carbocycles. The van der Waals surface area contributed by atoms with Crippen molar-refractivity contribution in [1.29, 1.82) is 0 Å². The van der Waals surface area contributed by atoms with Gasteiger partial charge in [0.05, 0.1) is 11.4 Å². The minimum atomic E-state index is 0.849. The van der Waals surface area contributed by atoms with E-state index in [2.05, 4.69) is 241 Å². The Bertz CT molecular complexity index is 3590. The normalized spacial score (nSPS) is 11.5. The molecule has 0 spiro atoms. The van der Waals surface area contributed by atoms with Gasteiger partial charge < -0.3 is 9.32 Å². The van der Waals surface area contributed by atoms with Gasteiger partial charge in [0.15, 0.2) is 5.58 Å². The molecule has 63 heavy (non-hydrogen) atoms. The highest BCUT2D eigenvalue weighted by atomic mass is 32.1. The van der Waals surface area contributed by atoms with Crippen molar-refractivity contribution in [2.45, 2.75) is 0 Å². The molecule has 0 fully saturated rings. The third-order valence-electron chi connectivity index (χ3n) is 12.3. The Labute approximate surface area is 370 Å². The fourth-order valence-corrected chi connectivity index (χ4v) is 10.5. The van der Waals surface area contributed by atoms with Crippen LogP contribution in [0.15, 0.2) is 241 Å². The van der Waals surface area contributed by atoms with Gasteiger partial charge in [-0.2, -0.15) is 0 Å². The van der Waals surface area contributed by atoms with E-state index >= 15 is 0 Å². The molecule has 296 valence electrons. The van der Waals surface area contributed by atoms with Crippen LogP contribution in [0, 0.1) is 0 Å². The maximum absolute atomic E-state index is 7.04. The van der Waals surface area contributed by atoms with Crippen LogP contribution >= 0.6 is 11.3 Å². The van der Waals surface area contributed by atoms with Crippen LogP contribution in [0.1, 0.15) is 0 Å². The Morgan fingerprint density at radius 2 is 0.841 bits per heavy atom. The summed E-state index contributed by atoms with van der Waals surface area (Å²) in [6, 6.07) is 85.2. The summed E-state index contributed by atoms with van der Waals surface area (Å²) in [7, 11) is 0. The molecule has 0 unspecified atom stereocenters. The second kappa shape index (κ2) is 15.5. The second-order valence-electron chi connectivity index (χ2n) is 16.0. The molecule has 0 aliphatic rings. The highest BCUT2D eigenvalue weighted by Gasteiger charge is 2.25. The van der Waals surface area contributed by atoms with Gasteiger partial charge >= 0.3 is 0 Å². The van der Waals surface area contributed by atoms with Crippen molar-refractivity contribution in [2.24, 2.45) is 0 Å². The average Bonchev–Trinajstić information content (AvgIpc) is 3.94. The number of rotatable bonds is 8. The lowest BCUT2D eigenvalue weighted by atomic mass is 9.98. The zero-order valence-electron chi connectivity index (χ0n) is 34.3. The molecule has 0 amide bonds. The molecule has 2 aromatic heterocycles. The number of para-hydroxylation sites is 1. The minimum absolute atomic E-state index is 0.849. The summed E-state index contributed by atoms with van der Waals surface area (Å²) in [5.74, 6) is 0. The van der Waals surface area contributed by atoms with Crippen LogP contribution in [0.2, 0.25) is 0 Å². The Morgan fingerprint density at radius 3 is 1.51 bits per heavy atom. The molecule has 0 saturated heterocycles. The molecular formula is C60H39NOS. The largest absolute Gasteiger partial charge is 0.454 e. The summed E-state index contributed by atoms with van der Waals surface area (Å²) < 4.78 is 9.54. The molecule has 10 aromatic carbocycles. The predicted octanol–water partition coefficient (Wildman–Crippen LogP) is 17.8. The maximum Gasteiger partial charge on any atom is 0.159 e. The third kappa shape index (κ3) is 6.58. The van der Waals surface area contributed by atoms with Gasteiger partial charge in [-0.15, -0.1) is 11.3 Å². The molecule has 2 heterocycles. The smallest absolute Gasteiger partial charge is 0.159 e. The Balaban J connectivity index is 1.10. The van der Waals surface area contributed by atoms with Crippen LogP contribution in [0.3, 0.4) is 0 Å². The summed E-state index contributed by atoms with van der Waals surface area (Å²) in [5.41, 5.74) is 16.7. The molecule has 12 rings (SSSR count). The first-order chi connectivity index (χ1) is 31.2. The fourth-order valence-electron chi connectivity index (χ4n) is 9.19. The number of furan rings is 1. The third-order valence-corrected chi connectivity index (χ3v) is 13.5. The number of hydrogen-bond acceptors (Lipinski definition) is 3. The number of nitrogens with zero attached hydrogens (tertiary/aromatic N) is 1. The Hall–Kier alpha value is -7.98. The van der Waals surface area contributed by atoms with E-state index in [4.69, 9.17) is 4.42 Å². The molecule has 0 atom stereocenters. The fraction of sp³-hybridized carbons (Fsp3) is 0. The highest BCUT2D eigenvalue weighted by molar-refractivity contribution is 7.26. The summed E-state index contributed by atoms with van der Waals surface area (Å²) in [5, 5.41) is 4.62. The van der Waals surface area contributed by atoms with E-state index in [0.717, 1.165) is 61.3 Å². The van der Waals surface area contributed by atoms with Gasteiger partial charge in [-0.05, 0) is 98.1 Å². The lowest BCUT2D eigenvalue weighted by Crippen LogP contribution is -2.11. The average molecular weight is 822 g/mol. The van der Waals surface area contributed by atoms with Crippen molar-refractivity contribution in [1.82, 2.24) is 0 Å². The summed E-state index contributed by atoms with van der Waals surface area (Å²) in [6.07, 6.45) is 0. The van der Waals surface area contributed by atoms with Gasteiger partial charge in [0.25, 0.3) is 0 Å². The van der Waals surface area contributed by atoms with Crippen LogP contribution in [-0.2, 0) is 0 Å². The van der Waals surface area contributed by atoms with Crippen molar-refractivity contribution < 1.29 is 4.42 Å². The zero-order valence-corrected chi connectivity index (χ0v) is 35.1. The van der Waals surface area contributed by atoms with Gasteiger partial charge in [-0.3, -0.25) is 0 Å². The van der Waals surface area contributed by atoms with E-state index in [0.29, 0.717) is 0 Å². The summed E-state index contributed by atoms with van der Waals surface area (Å²) >= 11 is 1.87. The van der Waals surface area contributed by atoms with Gasteiger partial charge in [-0.25, -0.2) is 0 Å². The van der Waals surface area contributed by atoms with Crippen LogP contribution < -0.4 is 4.90 Å². The molecule has 0 aliphatic heterocycles. The number of fused-ring (bicyclic) bond motifs is 6. The van der Waals surface area contributed by atoms with Gasteiger partial charge in [0.1, 0.15) is 5.58 Å². The van der Waals surface area contributed by atoms with Crippen molar-refractivity contribution in [3.63, 3.8) is 0 Å².